The first-order valence-electron chi connectivity index (χ1n) is 5.32. The van der Waals surface area contributed by atoms with Crippen LogP contribution in [-0.4, -0.2) is 6.04 Å². The van der Waals surface area contributed by atoms with E-state index in [1.165, 1.54) is 18.4 Å². The summed E-state index contributed by atoms with van der Waals surface area (Å²) in [4.78, 5) is 0. The van der Waals surface area contributed by atoms with Gasteiger partial charge in [-0.1, -0.05) is 40.5 Å². The van der Waals surface area contributed by atoms with Gasteiger partial charge in [0, 0.05) is 22.1 Å². The topological polar surface area (TPSA) is 12.0 Å². The molecular weight excluding hydrogens is 273 g/mol. The van der Waals surface area contributed by atoms with Crippen LogP contribution in [0.25, 0.3) is 0 Å². The van der Waals surface area contributed by atoms with E-state index in [2.05, 4.69) is 34.2 Å². The fraction of sp³-hybridized carbons (Fsp3) is 0.500. The molecule has 1 saturated carbocycles. The molecule has 0 spiro atoms. The number of hydrogen-bond donors (Lipinski definition) is 1. The van der Waals surface area contributed by atoms with Crippen molar-refractivity contribution in [3.8, 4) is 0 Å². The number of rotatable bonds is 3. The van der Waals surface area contributed by atoms with Gasteiger partial charge in [0.25, 0.3) is 0 Å². The highest BCUT2D eigenvalue weighted by Crippen LogP contribution is 2.27. The Morgan fingerprint density at radius 1 is 1.47 bits per heavy atom. The maximum absolute atomic E-state index is 6.13. The molecule has 0 bridgehead atoms. The lowest BCUT2D eigenvalue weighted by atomic mass is 9.82. The quantitative estimate of drug-likeness (QED) is 0.887. The van der Waals surface area contributed by atoms with E-state index in [0.29, 0.717) is 6.04 Å². The van der Waals surface area contributed by atoms with Crippen molar-refractivity contribution in [3.05, 3.63) is 33.3 Å². The summed E-state index contributed by atoms with van der Waals surface area (Å²) in [5.74, 6) is 0.892. The highest BCUT2D eigenvalue weighted by atomic mass is 79.9. The van der Waals surface area contributed by atoms with Gasteiger partial charge in [-0.3, -0.25) is 0 Å². The van der Waals surface area contributed by atoms with E-state index in [0.717, 1.165) is 22.0 Å². The van der Waals surface area contributed by atoms with E-state index in [4.69, 9.17) is 11.6 Å². The molecule has 1 fully saturated rings. The first-order chi connectivity index (χ1) is 7.15. The third-order valence-electron chi connectivity index (χ3n) is 2.97. The minimum atomic E-state index is 0.694. The molecule has 0 amide bonds. The van der Waals surface area contributed by atoms with Crippen LogP contribution in [0.1, 0.15) is 25.3 Å². The number of benzene rings is 1. The molecule has 0 radical (unpaired) electrons. The zero-order chi connectivity index (χ0) is 10.8. The van der Waals surface area contributed by atoms with Crippen LogP contribution in [0.15, 0.2) is 22.7 Å². The van der Waals surface area contributed by atoms with Gasteiger partial charge in [0.15, 0.2) is 0 Å². The molecule has 0 atom stereocenters. The molecule has 0 aromatic heterocycles. The van der Waals surface area contributed by atoms with Crippen LogP contribution in [-0.2, 0) is 6.54 Å². The molecule has 1 aromatic carbocycles. The van der Waals surface area contributed by atoms with Gasteiger partial charge in [0.2, 0.25) is 0 Å². The molecular formula is C12H15BrClN. The normalized spacial score (nSPS) is 25.0. The third kappa shape index (κ3) is 2.96. The molecule has 0 aliphatic heterocycles. The van der Waals surface area contributed by atoms with Crippen LogP contribution in [0.3, 0.4) is 0 Å². The van der Waals surface area contributed by atoms with Crippen LogP contribution in [0, 0.1) is 5.92 Å². The summed E-state index contributed by atoms with van der Waals surface area (Å²) in [7, 11) is 0. The van der Waals surface area contributed by atoms with E-state index < -0.39 is 0 Å². The van der Waals surface area contributed by atoms with Crippen molar-refractivity contribution >= 4 is 27.5 Å². The zero-order valence-corrected chi connectivity index (χ0v) is 11.1. The fourth-order valence-electron chi connectivity index (χ4n) is 1.99. The van der Waals surface area contributed by atoms with Crippen LogP contribution in [0.2, 0.25) is 5.02 Å². The highest BCUT2D eigenvalue weighted by Gasteiger charge is 2.24. The Kier molecular flexibility index (Phi) is 3.70. The largest absolute Gasteiger partial charge is 0.310 e. The molecule has 1 N–H and O–H groups in total. The number of hydrogen-bond acceptors (Lipinski definition) is 1. The van der Waals surface area contributed by atoms with Crippen molar-refractivity contribution in [2.75, 3.05) is 0 Å². The van der Waals surface area contributed by atoms with Crippen molar-refractivity contribution in [1.82, 2.24) is 5.32 Å². The lowest BCUT2D eigenvalue weighted by Crippen LogP contribution is -2.39. The van der Waals surface area contributed by atoms with Crippen LogP contribution < -0.4 is 5.32 Å². The summed E-state index contributed by atoms with van der Waals surface area (Å²) in [5, 5.41) is 4.36. The van der Waals surface area contributed by atoms with Crippen molar-refractivity contribution in [2.24, 2.45) is 5.92 Å². The van der Waals surface area contributed by atoms with E-state index in [-0.39, 0.29) is 0 Å². The SMILES string of the molecule is CC1CC(NCc2ccc(Br)cc2Cl)C1. The van der Waals surface area contributed by atoms with Gasteiger partial charge >= 0.3 is 0 Å². The minimum absolute atomic E-state index is 0.694. The van der Waals surface area contributed by atoms with Crippen molar-refractivity contribution in [1.29, 1.82) is 0 Å². The molecule has 1 aromatic rings. The van der Waals surface area contributed by atoms with E-state index in [9.17, 15) is 0 Å². The lowest BCUT2D eigenvalue weighted by molar-refractivity contribution is 0.240. The second-order valence-corrected chi connectivity index (χ2v) is 5.71. The first-order valence-corrected chi connectivity index (χ1v) is 6.49. The molecule has 0 unspecified atom stereocenters. The molecule has 3 heteroatoms. The summed E-state index contributed by atoms with van der Waals surface area (Å²) in [6.45, 7) is 3.17. The maximum Gasteiger partial charge on any atom is 0.0462 e. The van der Waals surface area contributed by atoms with Gasteiger partial charge in [0.05, 0.1) is 0 Å². The van der Waals surface area contributed by atoms with Gasteiger partial charge in [-0.05, 0) is 36.5 Å². The molecule has 0 saturated heterocycles. The second-order valence-electron chi connectivity index (χ2n) is 4.39. The summed E-state index contributed by atoms with van der Waals surface area (Å²) in [5.41, 5.74) is 1.18. The van der Waals surface area contributed by atoms with Crippen molar-refractivity contribution < 1.29 is 0 Å². The Morgan fingerprint density at radius 2 is 2.20 bits per heavy atom. The van der Waals surface area contributed by atoms with Gasteiger partial charge in [-0.2, -0.15) is 0 Å². The Morgan fingerprint density at radius 3 is 2.80 bits per heavy atom. The second kappa shape index (κ2) is 4.86. The van der Waals surface area contributed by atoms with Crippen LogP contribution in [0.5, 0.6) is 0 Å². The van der Waals surface area contributed by atoms with E-state index in [1.807, 2.05) is 12.1 Å². The Bertz CT molecular complexity index is 347. The summed E-state index contributed by atoms with van der Waals surface area (Å²) < 4.78 is 1.04. The van der Waals surface area contributed by atoms with E-state index in [1.54, 1.807) is 0 Å². The first kappa shape index (κ1) is 11.4. The summed E-state index contributed by atoms with van der Waals surface area (Å²) in [6, 6.07) is 6.75. The number of halogens is 2. The van der Waals surface area contributed by atoms with Crippen LogP contribution >= 0.6 is 27.5 Å². The average Bonchev–Trinajstić information content (AvgIpc) is 2.13. The third-order valence-corrected chi connectivity index (χ3v) is 3.82. The molecule has 0 heterocycles. The van der Waals surface area contributed by atoms with Crippen molar-refractivity contribution in [2.45, 2.75) is 32.4 Å². The molecule has 2 rings (SSSR count). The van der Waals surface area contributed by atoms with Crippen molar-refractivity contribution in [3.63, 3.8) is 0 Å². The zero-order valence-electron chi connectivity index (χ0n) is 8.76. The fourth-order valence-corrected chi connectivity index (χ4v) is 2.73. The predicted molar refractivity (Wildman–Crippen MR) is 68.2 cm³/mol. The molecule has 1 aliphatic rings. The maximum atomic E-state index is 6.13. The Labute approximate surface area is 104 Å². The van der Waals surface area contributed by atoms with Gasteiger partial charge in [0.1, 0.15) is 0 Å². The van der Waals surface area contributed by atoms with E-state index >= 15 is 0 Å². The monoisotopic (exact) mass is 287 g/mol. The Hall–Kier alpha value is -0.0500. The van der Waals surface area contributed by atoms with Gasteiger partial charge in [-0.15, -0.1) is 0 Å². The van der Waals surface area contributed by atoms with Crippen LogP contribution in [0.4, 0.5) is 0 Å². The molecule has 15 heavy (non-hydrogen) atoms. The summed E-state index contributed by atoms with van der Waals surface area (Å²) >= 11 is 9.54. The smallest absolute Gasteiger partial charge is 0.0462 e. The Balaban J connectivity index is 1.88. The molecule has 1 nitrogen and oxygen atoms in total. The summed E-state index contributed by atoms with van der Waals surface area (Å²) in [6.07, 6.45) is 2.60. The standard InChI is InChI=1S/C12H15BrClN/c1-8-4-11(5-8)15-7-9-2-3-10(13)6-12(9)14/h2-3,6,8,11,15H,4-5,7H2,1H3. The molecule has 82 valence electrons. The average molecular weight is 289 g/mol. The van der Waals surface area contributed by atoms with Gasteiger partial charge in [-0.25, -0.2) is 0 Å². The van der Waals surface area contributed by atoms with Gasteiger partial charge < -0.3 is 5.32 Å². The number of nitrogens with one attached hydrogen (secondary N) is 1. The molecule has 1 aliphatic carbocycles. The lowest BCUT2D eigenvalue weighted by Gasteiger charge is -2.33. The highest BCUT2D eigenvalue weighted by molar-refractivity contribution is 9.10. The predicted octanol–water partition coefficient (Wildman–Crippen LogP) is 3.99. The minimum Gasteiger partial charge on any atom is -0.310 e.